The van der Waals surface area contributed by atoms with Gasteiger partial charge in [0.1, 0.15) is 16.2 Å². The van der Waals surface area contributed by atoms with E-state index in [0.717, 1.165) is 34.5 Å². The standard InChI is InChI=1S/C19H19N3OS2/c1-12(25-19-15-9-10-24-18(15)20-11-21-19)17(23)22-16-8-4-6-13-5-2-3-7-14(13)16/h2-3,5,7,9-12,16H,4,6,8H2,1H3,(H,22,23)/t12-,16-/m1/s1. The first-order valence-electron chi connectivity index (χ1n) is 8.45. The Hall–Kier alpha value is -1.92. The third-order valence-electron chi connectivity index (χ3n) is 4.57. The molecule has 1 N–H and O–H groups in total. The monoisotopic (exact) mass is 369 g/mol. The fourth-order valence-electron chi connectivity index (χ4n) is 3.28. The molecule has 1 aliphatic rings. The fraction of sp³-hybridized carbons (Fsp3) is 0.316. The molecule has 2 aromatic heterocycles. The van der Waals surface area contributed by atoms with Gasteiger partial charge in [-0.2, -0.15) is 0 Å². The lowest BCUT2D eigenvalue weighted by Gasteiger charge is -2.27. The molecule has 2 atom stereocenters. The van der Waals surface area contributed by atoms with Gasteiger partial charge in [-0.1, -0.05) is 36.0 Å². The van der Waals surface area contributed by atoms with Gasteiger partial charge in [0.05, 0.1) is 11.3 Å². The van der Waals surface area contributed by atoms with Crippen LogP contribution in [0.15, 0.2) is 47.1 Å². The van der Waals surface area contributed by atoms with Gasteiger partial charge in [-0.15, -0.1) is 11.3 Å². The highest BCUT2D eigenvalue weighted by Crippen LogP contribution is 2.32. The zero-order valence-electron chi connectivity index (χ0n) is 13.9. The summed E-state index contributed by atoms with van der Waals surface area (Å²) in [5.74, 6) is 0.0636. The maximum Gasteiger partial charge on any atom is 0.233 e. The largest absolute Gasteiger partial charge is 0.348 e. The molecule has 4 nitrogen and oxygen atoms in total. The van der Waals surface area contributed by atoms with Crippen LogP contribution in [0, 0.1) is 0 Å². The number of aromatic nitrogens is 2. The number of nitrogens with zero attached hydrogens (tertiary/aromatic N) is 2. The van der Waals surface area contributed by atoms with Gasteiger partial charge in [0, 0.05) is 5.39 Å². The Morgan fingerprint density at radius 3 is 3.12 bits per heavy atom. The summed E-state index contributed by atoms with van der Waals surface area (Å²) in [5, 5.41) is 6.94. The first-order valence-corrected chi connectivity index (χ1v) is 10.2. The Labute approximate surface area is 155 Å². The van der Waals surface area contributed by atoms with E-state index in [1.54, 1.807) is 17.7 Å². The van der Waals surface area contributed by atoms with E-state index in [-0.39, 0.29) is 17.2 Å². The molecule has 0 aliphatic heterocycles. The van der Waals surface area contributed by atoms with Gasteiger partial charge < -0.3 is 5.32 Å². The van der Waals surface area contributed by atoms with Gasteiger partial charge in [-0.3, -0.25) is 4.79 Å². The molecule has 2 heterocycles. The number of hydrogen-bond donors (Lipinski definition) is 1. The number of fused-ring (bicyclic) bond motifs is 2. The molecule has 3 aromatic rings. The van der Waals surface area contributed by atoms with E-state index in [1.807, 2.05) is 18.4 Å². The fourth-order valence-corrected chi connectivity index (χ4v) is 4.98. The second-order valence-corrected chi connectivity index (χ2v) is 8.45. The molecule has 0 radical (unpaired) electrons. The smallest absolute Gasteiger partial charge is 0.233 e. The van der Waals surface area contributed by atoms with Crippen LogP contribution >= 0.6 is 23.1 Å². The highest BCUT2D eigenvalue weighted by Gasteiger charge is 2.24. The normalized spacial score (nSPS) is 17.9. The van der Waals surface area contributed by atoms with Crippen molar-refractivity contribution in [1.29, 1.82) is 0 Å². The number of rotatable bonds is 4. The Kier molecular flexibility index (Phi) is 4.72. The van der Waals surface area contributed by atoms with Crippen LogP contribution in [0.25, 0.3) is 10.2 Å². The summed E-state index contributed by atoms with van der Waals surface area (Å²) in [6.07, 6.45) is 4.79. The molecule has 0 spiro atoms. The Morgan fingerprint density at radius 1 is 1.32 bits per heavy atom. The van der Waals surface area contributed by atoms with Crippen molar-refractivity contribution in [3.63, 3.8) is 0 Å². The predicted octanol–water partition coefficient (Wildman–Crippen LogP) is 4.37. The number of nitrogens with one attached hydrogen (secondary N) is 1. The van der Waals surface area contributed by atoms with E-state index in [2.05, 4.69) is 39.6 Å². The molecular weight excluding hydrogens is 350 g/mol. The van der Waals surface area contributed by atoms with E-state index in [9.17, 15) is 4.79 Å². The van der Waals surface area contributed by atoms with E-state index in [1.165, 1.54) is 22.9 Å². The zero-order chi connectivity index (χ0) is 17.2. The molecular formula is C19H19N3OS2. The molecule has 4 rings (SSSR count). The predicted molar refractivity (Wildman–Crippen MR) is 103 cm³/mol. The summed E-state index contributed by atoms with van der Waals surface area (Å²) in [6.45, 7) is 1.94. The molecule has 1 amide bonds. The van der Waals surface area contributed by atoms with Crippen LogP contribution in [-0.4, -0.2) is 21.1 Å². The van der Waals surface area contributed by atoms with Crippen LogP contribution in [0.1, 0.15) is 36.9 Å². The van der Waals surface area contributed by atoms with Crippen molar-refractivity contribution in [3.05, 3.63) is 53.2 Å². The molecule has 6 heteroatoms. The lowest BCUT2D eigenvalue weighted by Crippen LogP contribution is -2.35. The maximum atomic E-state index is 12.7. The van der Waals surface area contributed by atoms with Crippen LogP contribution in [0.5, 0.6) is 0 Å². The van der Waals surface area contributed by atoms with E-state index in [0.29, 0.717) is 0 Å². The van der Waals surface area contributed by atoms with E-state index in [4.69, 9.17) is 0 Å². The minimum Gasteiger partial charge on any atom is -0.348 e. The van der Waals surface area contributed by atoms with Gasteiger partial charge in [0.15, 0.2) is 0 Å². The van der Waals surface area contributed by atoms with Crippen LogP contribution in [0.2, 0.25) is 0 Å². The molecule has 1 aliphatic carbocycles. The summed E-state index contributed by atoms with van der Waals surface area (Å²) < 4.78 is 0. The highest BCUT2D eigenvalue weighted by molar-refractivity contribution is 8.00. The molecule has 1 aromatic carbocycles. The van der Waals surface area contributed by atoms with Crippen LogP contribution < -0.4 is 5.32 Å². The summed E-state index contributed by atoms with van der Waals surface area (Å²) >= 11 is 3.09. The van der Waals surface area contributed by atoms with Gasteiger partial charge >= 0.3 is 0 Å². The summed E-state index contributed by atoms with van der Waals surface area (Å²) in [4.78, 5) is 22.3. The highest BCUT2D eigenvalue weighted by atomic mass is 32.2. The lowest BCUT2D eigenvalue weighted by atomic mass is 9.88. The average molecular weight is 370 g/mol. The molecule has 0 fully saturated rings. The molecule has 0 saturated heterocycles. The minimum atomic E-state index is -0.202. The number of aryl methyl sites for hydroxylation is 1. The number of hydrogen-bond acceptors (Lipinski definition) is 5. The van der Waals surface area contributed by atoms with Crippen molar-refractivity contribution >= 4 is 39.2 Å². The molecule has 0 bridgehead atoms. The van der Waals surface area contributed by atoms with Gasteiger partial charge in [-0.05, 0) is 48.8 Å². The Bertz CT molecular complexity index is 908. The number of carbonyl (C=O) groups is 1. The zero-order valence-corrected chi connectivity index (χ0v) is 15.6. The van der Waals surface area contributed by atoms with Crippen molar-refractivity contribution in [3.8, 4) is 0 Å². The third-order valence-corrected chi connectivity index (χ3v) is 6.51. The molecule has 0 unspecified atom stereocenters. The number of benzene rings is 1. The van der Waals surface area contributed by atoms with Crippen molar-refractivity contribution in [2.75, 3.05) is 0 Å². The minimum absolute atomic E-state index is 0.0636. The first-order chi connectivity index (χ1) is 12.2. The molecule has 128 valence electrons. The van der Waals surface area contributed by atoms with Crippen molar-refractivity contribution < 1.29 is 4.79 Å². The molecule has 25 heavy (non-hydrogen) atoms. The number of thiophene rings is 1. The van der Waals surface area contributed by atoms with Crippen molar-refractivity contribution in [2.45, 2.75) is 42.5 Å². The second-order valence-electron chi connectivity index (χ2n) is 6.23. The van der Waals surface area contributed by atoms with Crippen molar-refractivity contribution in [2.24, 2.45) is 0 Å². The average Bonchev–Trinajstić information content (AvgIpc) is 3.12. The number of carbonyl (C=O) groups excluding carboxylic acids is 1. The van der Waals surface area contributed by atoms with Crippen LogP contribution in [0.3, 0.4) is 0 Å². The summed E-state index contributed by atoms with van der Waals surface area (Å²) in [6, 6.07) is 10.6. The SMILES string of the molecule is C[C@@H](Sc1ncnc2sccc12)C(=O)N[C@@H]1CCCc2ccccc21. The third kappa shape index (κ3) is 3.41. The summed E-state index contributed by atoms with van der Waals surface area (Å²) in [7, 11) is 0. The Balaban J connectivity index is 1.47. The topological polar surface area (TPSA) is 54.9 Å². The van der Waals surface area contributed by atoms with Crippen LogP contribution in [0.4, 0.5) is 0 Å². The number of thioether (sulfide) groups is 1. The first kappa shape index (κ1) is 16.5. The quantitative estimate of drug-likeness (QED) is 0.548. The summed E-state index contributed by atoms with van der Waals surface area (Å²) in [5.41, 5.74) is 2.62. The van der Waals surface area contributed by atoms with E-state index >= 15 is 0 Å². The second kappa shape index (κ2) is 7.14. The molecule has 0 saturated carbocycles. The van der Waals surface area contributed by atoms with E-state index < -0.39 is 0 Å². The van der Waals surface area contributed by atoms with Gasteiger partial charge in [0.25, 0.3) is 0 Å². The van der Waals surface area contributed by atoms with Crippen molar-refractivity contribution in [1.82, 2.24) is 15.3 Å². The Morgan fingerprint density at radius 2 is 2.20 bits per heavy atom. The lowest BCUT2D eigenvalue weighted by molar-refractivity contribution is -0.121. The van der Waals surface area contributed by atoms with Gasteiger partial charge in [0.2, 0.25) is 5.91 Å². The maximum absolute atomic E-state index is 12.7. The van der Waals surface area contributed by atoms with Crippen LogP contribution in [-0.2, 0) is 11.2 Å². The van der Waals surface area contributed by atoms with Gasteiger partial charge in [-0.25, -0.2) is 9.97 Å². The number of amides is 1.